The fourth-order valence-electron chi connectivity index (χ4n) is 1.00. The molecule has 0 radical (unpaired) electrons. The van der Waals surface area contributed by atoms with Crippen LogP contribution in [0.25, 0.3) is 0 Å². The first-order chi connectivity index (χ1) is 6.61. The molecule has 1 aromatic heterocycles. The van der Waals surface area contributed by atoms with E-state index in [1.54, 1.807) is 0 Å². The minimum atomic E-state index is 0.116. The van der Waals surface area contributed by atoms with E-state index in [2.05, 4.69) is 10.1 Å². The first-order valence-corrected chi connectivity index (χ1v) is 4.59. The van der Waals surface area contributed by atoms with Crippen molar-refractivity contribution in [1.82, 2.24) is 15.0 Å². The largest absolute Gasteiger partial charge is 0.339 e. The second kappa shape index (κ2) is 4.85. The van der Waals surface area contributed by atoms with Crippen LogP contribution in [0.15, 0.2) is 4.52 Å². The van der Waals surface area contributed by atoms with Gasteiger partial charge in [0, 0.05) is 6.42 Å². The summed E-state index contributed by atoms with van der Waals surface area (Å²) in [4.78, 5) is 17.1. The maximum atomic E-state index is 11.1. The van der Waals surface area contributed by atoms with Crippen molar-refractivity contribution < 1.29 is 9.32 Å². The Bertz CT molecular complexity index is 307. The Labute approximate surface area is 83.1 Å². The molecule has 0 saturated heterocycles. The van der Waals surface area contributed by atoms with Gasteiger partial charge >= 0.3 is 0 Å². The first-order valence-electron chi connectivity index (χ1n) is 4.59. The molecule has 0 aromatic carbocycles. The van der Waals surface area contributed by atoms with Gasteiger partial charge in [-0.1, -0.05) is 12.1 Å². The summed E-state index contributed by atoms with van der Waals surface area (Å²) in [7, 11) is 3.85. The van der Waals surface area contributed by atoms with E-state index in [9.17, 15) is 4.79 Å². The van der Waals surface area contributed by atoms with Gasteiger partial charge in [-0.25, -0.2) is 0 Å². The van der Waals surface area contributed by atoms with Gasteiger partial charge in [0.25, 0.3) is 0 Å². The Balaban J connectivity index is 2.55. The zero-order valence-electron chi connectivity index (χ0n) is 8.78. The van der Waals surface area contributed by atoms with E-state index >= 15 is 0 Å². The minimum absolute atomic E-state index is 0.116. The lowest BCUT2D eigenvalue weighted by Crippen LogP contribution is -2.11. The number of carbonyl (C=O) groups is 1. The lowest BCUT2D eigenvalue weighted by Gasteiger charge is -2.03. The fraction of sp³-hybridized carbons (Fsp3) is 0.667. The van der Waals surface area contributed by atoms with Gasteiger partial charge in [-0.3, -0.25) is 4.79 Å². The van der Waals surface area contributed by atoms with Crippen molar-refractivity contribution in [2.75, 3.05) is 14.1 Å². The maximum absolute atomic E-state index is 11.1. The van der Waals surface area contributed by atoms with E-state index in [-0.39, 0.29) is 12.2 Å². The van der Waals surface area contributed by atoms with Crippen molar-refractivity contribution in [3.8, 4) is 0 Å². The second-order valence-electron chi connectivity index (χ2n) is 3.41. The molecule has 0 spiro atoms. The molecule has 1 heterocycles. The number of carbonyl (C=O) groups excluding carboxylic acids is 1. The lowest BCUT2D eigenvalue weighted by molar-refractivity contribution is -0.118. The zero-order valence-corrected chi connectivity index (χ0v) is 8.78. The summed E-state index contributed by atoms with van der Waals surface area (Å²) in [6, 6.07) is 0. The normalized spacial score (nSPS) is 10.9. The number of aromatic nitrogens is 2. The van der Waals surface area contributed by atoms with Crippen molar-refractivity contribution in [2.45, 2.75) is 26.3 Å². The topological polar surface area (TPSA) is 59.2 Å². The number of hydrogen-bond acceptors (Lipinski definition) is 5. The third-order valence-corrected chi connectivity index (χ3v) is 1.71. The van der Waals surface area contributed by atoms with Crippen molar-refractivity contribution in [3.63, 3.8) is 0 Å². The zero-order chi connectivity index (χ0) is 10.6. The van der Waals surface area contributed by atoms with Crippen molar-refractivity contribution in [1.29, 1.82) is 0 Å². The molecule has 78 valence electrons. The molecule has 0 aliphatic rings. The average molecular weight is 197 g/mol. The van der Waals surface area contributed by atoms with Crippen LogP contribution in [0, 0.1) is 0 Å². The summed E-state index contributed by atoms with van der Waals surface area (Å²) in [5.41, 5.74) is 0. The smallest absolute Gasteiger partial charge is 0.234 e. The molecule has 0 unspecified atom stereocenters. The molecule has 0 aliphatic carbocycles. The number of nitrogens with zero attached hydrogens (tertiary/aromatic N) is 3. The Hall–Kier alpha value is -1.23. The van der Waals surface area contributed by atoms with Crippen molar-refractivity contribution >= 4 is 5.78 Å². The van der Waals surface area contributed by atoms with E-state index in [0.717, 1.165) is 0 Å². The summed E-state index contributed by atoms with van der Waals surface area (Å²) in [5, 5.41) is 3.76. The molecular weight excluding hydrogens is 182 g/mol. The molecule has 0 atom stereocenters. The van der Waals surface area contributed by atoms with Gasteiger partial charge in [0.2, 0.25) is 5.89 Å². The summed E-state index contributed by atoms with van der Waals surface area (Å²) in [6.45, 7) is 2.45. The maximum Gasteiger partial charge on any atom is 0.234 e. The fourth-order valence-corrected chi connectivity index (χ4v) is 1.00. The standard InChI is InChI=1S/C9H15N3O2/c1-4-7(13)5-9-10-8(11-14-9)6-12(2)3/h4-6H2,1-3H3. The number of Topliss-reactive ketones (excluding diaryl/α,β-unsaturated/α-hetero) is 1. The molecule has 5 nitrogen and oxygen atoms in total. The minimum Gasteiger partial charge on any atom is -0.339 e. The monoisotopic (exact) mass is 197 g/mol. The molecule has 14 heavy (non-hydrogen) atoms. The predicted octanol–water partition coefficient (Wildman–Crippen LogP) is 0.653. The highest BCUT2D eigenvalue weighted by molar-refractivity contribution is 5.79. The molecular formula is C9H15N3O2. The summed E-state index contributed by atoms with van der Waals surface area (Å²) < 4.78 is 4.93. The average Bonchev–Trinajstić information content (AvgIpc) is 2.51. The van der Waals surface area contributed by atoms with Crippen LogP contribution in [0.3, 0.4) is 0 Å². The van der Waals surface area contributed by atoms with Crippen LogP contribution in [0.1, 0.15) is 25.1 Å². The molecule has 0 N–H and O–H groups in total. The van der Waals surface area contributed by atoms with Gasteiger partial charge in [0.15, 0.2) is 5.82 Å². The van der Waals surface area contributed by atoms with Gasteiger partial charge < -0.3 is 9.42 Å². The molecule has 5 heteroatoms. The second-order valence-corrected chi connectivity index (χ2v) is 3.41. The lowest BCUT2D eigenvalue weighted by atomic mass is 10.2. The van der Waals surface area contributed by atoms with E-state index < -0.39 is 0 Å². The highest BCUT2D eigenvalue weighted by atomic mass is 16.5. The van der Waals surface area contributed by atoms with Gasteiger partial charge in [0.1, 0.15) is 5.78 Å². The van der Waals surface area contributed by atoms with E-state index in [1.807, 2.05) is 25.9 Å². The Morgan fingerprint density at radius 1 is 1.50 bits per heavy atom. The van der Waals surface area contributed by atoms with Crippen LogP contribution in [0.4, 0.5) is 0 Å². The SMILES string of the molecule is CCC(=O)Cc1nc(CN(C)C)no1. The van der Waals surface area contributed by atoms with E-state index in [4.69, 9.17) is 4.52 Å². The van der Waals surface area contributed by atoms with Crippen molar-refractivity contribution in [3.05, 3.63) is 11.7 Å². The van der Waals surface area contributed by atoms with E-state index in [1.165, 1.54) is 0 Å². The summed E-state index contributed by atoms with van der Waals surface area (Å²) in [6.07, 6.45) is 0.752. The molecule has 1 aromatic rings. The third-order valence-electron chi connectivity index (χ3n) is 1.71. The number of ketones is 1. The van der Waals surface area contributed by atoms with E-state index in [0.29, 0.717) is 24.7 Å². The first kappa shape index (κ1) is 10.8. The van der Waals surface area contributed by atoms with Crippen LogP contribution in [0.2, 0.25) is 0 Å². The van der Waals surface area contributed by atoms with Crippen molar-refractivity contribution in [2.24, 2.45) is 0 Å². The number of rotatable bonds is 5. The quantitative estimate of drug-likeness (QED) is 0.693. The Kier molecular flexibility index (Phi) is 3.76. The van der Waals surface area contributed by atoms with Gasteiger partial charge in [-0.05, 0) is 14.1 Å². The summed E-state index contributed by atoms with van der Waals surface area (Å²) >= 11 is 0. The highest BCUT2D eigenvalue weighted by Crippen LogP contribution is 2.01. The van der Waals surface area contributed by atoms with Crippen LogP contribution >= 0.6 is 0 Å². The highest BCUT2D eigenvalue weighted by Gasteiger charge is 2.09. The number of hydrogen-bond donors (Lipinski definition) is 0. The van der Waals surface area contributed by atoms with Gasteiger partial charge in [-0.2, -0.15) is 4.98 Å². The summed E-state index contributed by atoms with van der Waals surface area (Å²) in [5.74, 6) is 1.15. The van der Waals surface area contributed by atoms with Crippen LogP contribution < -0.4 is 0 Å². The molecule has 0 saturated carbocycles. The van der Waals surface area contributed by atoms with Gasteiger partial charge in [-0.15, -0.1) is 0 Å². The molecule has 0 amide bonds. The molecule has 0 aliphatic heterocycles. The van der Waals surface area contributed by atoms with Crippen LogP contribution in [-0.4, -0.2) is 34.9 Å². The molecule has 0 fully saturated rings. The third kappa shape index (κ3) is 3.26. The molecule has 0 bridgehead atoms. The van der Waals surface area contributed by atoms with Crippen LogP contribution in [0.5, 0.6) is 0 Å². The molecule has 1 rings (SSSR count). The Morgan fingerprint density at radius 3 is 2.79 bits per heavy atom. The predicted molar refractivity (Wildman–Crippen MR) is 50.7 cm³/mol. The van der Waals surface area contributed by atoms with Crippen LogP contribution in [-0.2, 0) is 17.8 Å². The van der Waals surface area contributed by atoms with Gasteiger partial charge in [0.05, 0.1) is 13.0 Å². The Morgan fingerprint density at radius 2 is 2.21 bits per heavy atom.